The molecule has 0 fully saturated rings. The van der Waals surface area contributed by atoms with E-state index in [2.05, 4.69) is 25.2 Å². The molecular formula is C15H10F5N5O2. The SMILES string of the molecule is O=C(NCc1c(C(F)F)nn2ncccc12)c1cnc(OC(F)F)c(F)c1. The molecule has 0 radical (unpaired) electrons. The molecule has 0 saturated carbocycles. The topological polar surface area (TPSA) is 81.4 Å². The average Bonchev–Trinajstić information content (AvgIpc) is 3.00. The summed E-state index contributed by atoms with van der Waals surface area (Å²) in [7, 11) is 0. The van der Waals surface area contributed by atoms with Gasteiger partial charge in [0.25, 0.3) is 18.2 Å². The number of nitrogens with zero attached hydrogens (tertiary/aromatic N) is 4. The van der Waals surface area contributed by atoms with E-state index in [-0.39, 0.29) is 23.2 Å². The van der Waals surface area contributed by atoms with Crippen LogP contribution in [0.25, 0.3) is 5.52 Å². The van der Waals surface area contributed by atoms with Crippen LogP contribution in [-0.2, 0) is 6.54 Å². The number of amides is 1. The molecule has 0 unspecified atom stereocenters. The van der Waals surface area contributed by atoms with Crippen LogP contribution in [0.2, 0.25) is 0 Å². The van der Waals surface area contributed by atoms with E-state index in [1.54, 1.807) is 0 Å². The van der Waals surface area contributed by atoms with Crippen molar-refractivity contribution < 1.29 is 31.5 Å². The molecule has 7 nitrogen and oxygen atoms in total. The van der Waals surface area contributed by atoms with Gasteiger partial charge in [0.05, 0.1) is 11.1 Å². The summed E-state index contributed by atoms with van der Waals surface area (Å²) in [4.78, 5) is 15.4. The van der Waals surface area contributed by atoms with Crippen molar-refractivity contribution in [1.29, 1.82) is 0 Å². The zero-order valence-electron chi connectivity index (χ0n) is 13.2. The number of ether oxygens (including phenoxy) is 1. The van der Waals surface area contributed by atoms with Crippen LogP contribution in [0.3, 0.4) is 0 Å². The third-order valence-corrected chi connectivity index (χ3v) is 3.46. The number of rotatable bonds is 6. The number of aromatic nitrogens is 4. The Morgan fingerprint density at radius 2 is 2.07 bits per heavy atom. The van der Waals surface area contributed by atoms with Gasteiger partial charge in [-0.25, -0.2) is 18.2 Å². The number of pyridine rings is 1. The van der Waals surface area contributed by atoms with Crippen molar-refractivity contribution >= 4 is 11.4 Å². The van der Waals surface area contributed by atoms with Crippen LogP contribution in [0, 0.1) is 5.82 Å². The van der Waals surface area contributed by atoms with E-state index in [4.69, 9.17) is 0 Å². The van der Waals surface area contributed by atoms with Crippen LogP contribution in [0.15, 0.2) is 30.6 Å². The first-order valence-corrected chi connectivity index (χ1v) is 7.36. The fraction of sp³-hybridized carbons (Fsp3) is 0.200. The molecule has 1 amide bonds. The molecule has 0 saturated heterocycles. The van der Waals surface area contributed by atoms with E-state index in [0.717, 1.165) is 10.8 Å². The third-order valence-electron chi connectivity index (χ3n) is 3.46. The van der Waals surface area contributed by atoms with Gasteiger partial charge in [0, 0.05) is 24.5 Å². The zero-order valence-corrected chi connectivity index (χ0v) is 13.2. The maximum atomic E-state index is 13.6. The van der Waals surface area contributed by atoms with E-state index in [1.807, 2.05) is 0 Å². The number of fused-ring (bicyclic) bond motifs is 1. The summed E-state index contributed by atoms with van der Waals surface area (Å²) in [5.74, 6) is -3.08. The lowest BCUT2D eigenvalue weighted by Gasteiger charge is -2.08. The Labute approximate surface area is 147 Å². The first-order chi connectivity index (χ1) is 12.9. The van der Waals surface area contributed by atoms with E-state index in [1.165, 1.54) is 18.3 Å². The Bertz CT molecular complexity index is 978. The third kappa shape index (κ3) is 3.93. The molecule has 3 aromatic rings. The quantitative estimate of drug-likeness (QED) is 0.658. The maximum absolute atomic E-state index is 13.6. The normalized spacial score (nSPS) is 11.4. The molecule has 3 rings (SSSR count). The Morgan fingerprint density at radius 3 is 2.74 bits per heavy atom. The van der Waals surface area contributed by atoms with E-state index >= 15 is 0 Å². The molecule has 142 valence electrons. The summed E-state index contributed by atoms with van der Waals surface area (Å²) in [6.45, 7) is -3.62. The van der Waals surface area contributed by atoms with Gasteiger partial charge in [-0.15, -0.1) is 5.10 Å². The van der Waals surface area contributed by atoms with Gasteiger partial charge in [0.2, 0.25) is 0 Å². The van der Waals surface area contributed by atoms with Gasteiger partial charge in [0.1, 0.15) is 5.69 Å². The van der Waals surface area contributed by atoms with Gasteiger partial charge in [-0.1, -0.05) is 0 Å². The molecule has 3 aromatic heterocycles. The highest BCUT2D eigenvalue weighted by atomic mass is 19.3. The lowest BCUT2D eigenvalue weighted by Crippen LogP contribution is -2.23. The minimum atomic E-state index is -3.27. The number of carbonyl (C=O) groups is 1. The van der Waals surface area contributed by atoms with Crippen LogP contribution in [-0.4, -0.2) is 32.3 Å². The molecular weight excluding hydrogens is 377 g/mol. The number of hydrogen-bond acceptors (Lipinski definition) is 5. The van der Waals surface area contributed by atoms with Crippen molar-refractivity contribution in [2.45, 2.75) is 19.6 Å². The molecule has 0 aliphatic heterocycles. The van der Waals surface area contributed by atoms with Gasteiger partial charge < -0.3 is 10.1 Å². The first-order valence-electron chi connectivity index (χ1n) is 7.36. The summed E-state index contributed by atoms with van der Waals surface area (Å²) in [5.41, 5.74) is -0.558. The molecule has 1 N–H and O–H groups in total. The summed E-state index contributed by atoms with van der Waals surface area (Å²) in [5, 5.41) is 9.79. The van der Waals surface area contributed by atoms with Crippen LogP contribution >= 0.6 is 0 Å². The van der Waals surface area contributed by atoms with Gasteiger partial charge in [0.15, 0.2) is 5.82 Å². The second-order valence-corrected chi connectivity index (χ2v) is 5.13. The Kier molecular flexibility index (Phi) is 5.14. The van der Waals surface area contributed by atoms with Crippen LogP contribution in [0.4, 0.5) is 22.0 Å². The minimum absolute atomic E-state index is 0.0394. The van der Waals surface area contributed by atoms with Crippen molar-refractivity contribution in [2.24, 2.45) is 0 Å². The molecule has 27 heavy (non-hydrogen) atoms. The molecule has 0 aromatic carbocycles. The predicted octanol–water partition coefficient (Wildman–Crippen LogP) is 2.73. The van der Waals surface area contributed by atoms with Crippen LogP contribution in [0.1, 0.15) is 28.0 Å². The van der Waals surface area contributed by atoms with Gasteiger partial charge >= 0.3 is 6.61 Å². The Hall–Kier alpha value is -3.31. The summed E-state index contributed by atoms with van der Waals surface area (Å²) < 4.78 is 69.0. The van der Waals surface area contributed by atoms with E-state index in [9.17, 15) is 26.7 Å². The van der Waals surface area contributed by atoms with Crippen LogP contribution < -0.4 is 10.1 Å². The molecule has 0 atom stereocenters. The Balaban J connectivity index is 1.79. The highest BCUT2D eigenvalue weighted by Crippen LogP contribution is 2.25. The van der Waals surface area contributed by atoms with E-state index < -0.39 is 36.3 Å². The van der Waals surface area contributed by atoms with Gasteiger partial charge in [-0.3, -0.25) is 4.79 Å². The fourth-order valence-corrected chi connectivity index (χ4v) is 2.31. The second-order valence-electron chi connectivity index (χ2n) is 5.13. The Morgan fingerprint density at radius 1 is 1.30 bits per heavy atom. The lowest BCUT2D eigenvalue weighted by molar-refractivity contribution is -0.0553. The standard InChI is InChI=1S/C15H10F5N5O2/c16-9-4-7(5-22-14(9)27-15(19)20)13(26)21-6-8-10-2-1-3-23-25(10)24-11(8)12(17)18/h1-5,12,15H,6H2,(H,21,26). The molecule has 0 aliphatic rings. The largest absolute Gasteiger partial charge is 0.414 e. The fourth-order valence-electron chi connectivity index (χ4n) is 2.31. The van der Waals surface area contributed by atoms with Crippen molar-refractivity contribution in [3.63, 3.8) is 0 Å². The minimum Gasteiger partial charge on any atom is -0.414 e. The number of hydrogen-bond donors (Lipinski definition) is 1. The summed E-state index contributed by atoms with van der Waals surface area (Å²) in [6, 6.07) is 3.65. The molecule has 0 bridgehead atoms. The summed E-state index contributed by atoms with van der Waals surface area (Å²) >= 11 is 0. The van der Waals surface area contributed by atoms with Gasteiger partial charge in [-0.2, -0.15) is 18.5 Å². The second kappa shape index (κ2) is 7.51. The average molecular weight is 387 g/mol. The smallest absolute Gasteiger partial charge is 0.388 e. The lowest BCUT2D eigenvalue weighted by atomic mass is 10.2. The highest BCUT2D eigenvalue weighted by Gasteiger charge is 2.22. The van der Waals surface area contributed by atoms with Gasteiger partial charge in [-0.05, 0) is 18.2 Å². The van der Waals surface area contributed by atoms with Crippen molar-refractivity contribution in [1.82, 2.24) is 25.1 Å². The van der Waals surface area contributed by atoms with Crippen molar-refractivity contribution in [3.05, 3.63) is 53.2 Å². The summed E-state index contributed by atoms with van der Waals surface area (Å²) in [6.07, 6.45) is -0.722. The van der Waals surface area contributed by atoms with E-state index in [0.29, 0.717) is 6.07 Å². The predicted molar refractivity (Wildman–Crippen MR) is 79.9 cm³/mol. The number of carbonyl (C=O) groups excluding carboxylic acids is 1. The molecule has 3 heterocycles. The first kappa shape index (κ1) is 18.5. The monoisotopic (exact) mass is 387 g/mol. The maximum Gasteiger partial charge on any atom is 0.388 e. The number of halogens is 5. The van der Waals surface area contributed by atoms with Crippen LogP contribution in [0.5, 0.6) is 5.88 Å². The number of nitrogens with one attached hydrogen (secondary N) is 1. The molecule has 12 heteroatoms. The highest BCUT2D eigenvalue weighted by molar-refractivity contribution is 5.94. The number of alkyl halides is 4. The molecule has 0 aliphatic carbocycles. The molecule has 0 spiro atoms. The van der Waals surface area contributed by atoms with Crippen molar-refractivity contribution in [2.75, 3.05) is 0 Å². The van der Waals surface area contributed by atoms with Crippen molar-refractivity contribution in [3.8, 4) is 5.88 Å². The zero-order chi connectivity index (χ0) is 19.6.